The second-order valence-corrected chi connectivity index (χ2v) is 8.79. The van der Waals surface area contributed by atoms with Gasteiger partial charge in [0.25, 0.3) is 0 Å². The number of aliphatic hydroxyl groups excluding tert-OH is 7. The molecule has 0 spiro atoms. The molecule has 0 amide bonds. The second-order valence-electron chi connectivity index (χ2n) is 8.79. The summed E-state index contributed by atoms with van der Waals surface area (Å²) >= 11 is 0. The van der Waals surface area contributed by atoms with Crippen molar-refractivity contribution in [2.45, 2.75) is 98.2 Å². The molecule has 11 unspecified atom stereocenters. The van der Waals surface area contributed by atoms with Gasteiger partial charge in [0.2, 0.25) is 0 Å². The van der Waals surface area contributed by atoms with E-state index >= 15 is 0 Å². The Balaban J connectivity index is 1.72. The molecular weight excluding hydrogens is 448 g/mol. The Labute approximate surface area is 189 Å². The summed E-state index contributed by atoms with van der Waals surface area (Å²) < 4.78 is 22.2. The predicted molar refractivity (Wildman–Crippen MR) is 108 cm³/mol. The van der Waals surface area contributed by atoms with E-state index in [4.69, 9.17) is 41.9 Å². The molecule has 15 nitrogen and oxygen atoms in total. The fraction of sp³-hybridized carbons (Fsp3) is 1.00. The molecule has 15 N–H and O–H groups in total. The molecule has 3 rings (SSSR count). The summed E-state index contributed by atoms with van der Waals surface area (Å²) in [5, 5.41) is 70.9. The molecule has 33 heavy (non-hydrogen) atoms. The van der Waals surface area contributed by atoms with E-state index in [-0.39, 0.29) is 13.0 Å². The van der Waals surface area contributed by atoms with E-state index in [1.165, 1.54) is 0 Å². The lowest BCUT2D eigenvalue weighted by Crippen LogP contribution is -2.68. The third-order valence-corrected chi connectivity index (χ3v) is 6.48. The Morgan fingerprint density at radius 2 is 1.18 bits per heavy atom. The fourth-order valence-electron chi connectivity index (χ4n) is 4.40. The minimum Gasteiger partial charge on any atom is -0.394 e. The van der Waals surface area contributed by atoms with Crippen LogP contribution in [0, 0.1) is 0 Å². The van der Waals surface area contributed by atoms with Crippen LogP contribution in [0.2, 0.25) is 0 Å². The molecule has 2 aliphatic heterocycles. The Hall–Kier alpha value is -0.600. The topological polar surface area (TPSA) is 283 Å². The van der Waals surface area contributed by atoms with Crippen LogP contribution in [0.3, 0.4) is 0 Å². The summed E-state index contributed by atoms with van der Waals surface area (Å²) in [7, 11) is 0. The maximum Gasteiger partial charge on any atom is 0.187 e. The van der Waals surface area contributed by atoms with E-state index in [1.807, 2.05) is 0 Å². The molecule has 1 aliphatic carbocycles. The van der Waals surface area contributed by atoms with E-state index in [9.17, 15) is 35.7 Å². The monoisotopic (exact) mass is 484 g/mol. The molecule has 0 bridgehead atoms. The van der Waals surface area contributed by atoms with Crippen LogP contribution in [-0.4, -0.2) is 141 Å². The van der Waals surface area contributed by atoms with Crippen LogP contribution in [0.15, 0.2) is 0 Å². The highest BCUT2D eigenvalue weighted by Gasteiger charge is 2.51. The standard InChI is InChI=1S/C18H36N4O11/c19-2-6-10(25)12(27)13(28)18(30-6)33-16-5(21)1-4(20)15(14(16)29)32-17-11(26)8(22)9(24)7(3-23)31-17/h4-18,23-29H,1-3,19-22H2/t4-,5?,6?,7?,8?,9?,10?,11?,12?,13?,14?,15+,16?,17+,18-/m0/s1. The molecule has 3 fully saturated rings. The Morgan fingerprint density at radius 1 is 0.667 bits per heavy atom. The smallest absolute Gasteiger partial charge is 0.187 e. The third-order valence-electron chi connectivity index (χ3n) is 6.48. The highest BCUT2D eigenvalue weighted by molar-refractivity contribution is 5.01. The molecule has 0 radical (unpaired) electrons. The van der Waals surface area contributed by atoms with Gasteiger partial charge in [0, 0.05) is 18.6 Å². The van der Waals surface area contributed by atoms with E-state index in [2.05, 4.69) is 0 Å². The van der Waals surface area contributed by atoms with Gasteiger partial charge in [-0.25, -0.2) is 0 Å². The van der Waals surface area contributed by atoms with Crippen molar-refractivity contribution in [3.63, 3.8) is 0 Å². The van der Waals surface area contributed by atoms with Gasteiger partial charge in [-0.3, -0.25) is 0 Å². The van der Waals surface area contributed by atoms with Gasteiger partial charge in [0.15, 0.2) is 12.6 Å². The quantitative estimate of drug-likeness (QED) is 0.167. The summed E-state index contributed by atoms with van der Waals surface area (Å²) in [6, 6.07) is -2.86. The van der Waals surface area contributed by atoms with Crippen molar-refractivity contribution in [2.75, 3.05) is 13.2 Å². The van der Waals surface area contributed by atoms with Crippen molar-refractivity contribution in [3.05, 3.63) is 0 Å². The van der Waals surface area contributed by atoms with Gasteiger partial charge in [-0.05, 0) is 6.42 Å². The van der Waals surface area contributed by atoms with Crippen molar-refractivity contribution in [1.82, 2.24) is 0 Å². The van der Waals surface area contributed by atoms with E-state index in [1.54, 1.807) is 0 Å². The number of aliphatic hydroxyl groups is 7. The normalized spacial score (nSPS) is 53.7. The van der Waals surface area contributed by atoms with Gasteiger partial charge in [-0.2, -0.15) is 0 Å². The molecule has 0 aromatic heterocycles. The highest BCUT2D eigenvalue weighted by Crippen LogP contribution is 2.31. The van der Waals surface area contributed by atoms with Crippen LogP contribution in [0.4, 0.5) is 0 Å². The van der Waals surface area contributed by atoms with Crippen LogP contribution < -0.4 is 22.9 Å². The van der Waals surface area contributed by atoms with E-state index in [0.29, 0.717) is 0 Å². The van der Waals surface area contributed by atoms with Crippen molar-refractivity contribution in [1.29, 1.82) is 0 Å². The molecular formula is C18H36N4O11. The van der Waals surface area contributed by atoms with Gasteiger partial charge in [0.1, 0.15) is 61.0 Å². The van der Waals surface area contributed by atoms with Crippen LogP contribution in [0.25, 0.3) is 0 Å². The Bertz CT molecular complexity index is 584. The van der Waals surface area contributed by atoms with Gasteiger partial charge in [0.05, 0.1) is 12.6 Å². The van der Waals surface area contributed by atoms with Gasteiger partial charge >= 0.3 is 0 Å². The first kappa shape index (κ1) is 27.0. The summed E-state index contributed by atoms with van der Waals surface area (Å²) in [5.41, 5.74) is 23.5. The highest BCUT2D eigenvalue weighted by atomic mass is 16.7. The Kier molecular flexibility index (Phi) is 8.99. The number of hydrogen-bond acceptors (Lipinski definition) is 15. The zero-order chi connectivity index (χ0) is 24.6. The van der Waals surface area contributed by atoms with Crippen molar-refractivity contribution >= 4 is 0 Å². The number of nitrogens with two attached hydrogens (primary N) is 4. The lowest BCUT2D eigenvalue weighted by atomic mass is 9.84. The van der Waals surface area contributed by atoms with Crippen LogP contribution in [-0.2, 0) is 18.9 Å². The molecule has 194 valence electrons. The maximum atomic E-state index is 10.9. The van der Waals surface area contributed by atoms with Crippen molar-refractivity contribution < 1.29 is 54.7 Å². The molecule has 0 aromatic rings. The Morgan fingerprint density at radius 3 is 1.70 bits per heavy atom. The molecule has 3 aliphatic rings. The summed E-state index contributed by atoms with van der Waals surface area (Å²) in [5.74, 6) is 0. The largest absolute Gasteiger partial charge is 0.394 e. The molecule has 15 heteroatoms. The van der Waals surface area contributed by atoms with Gasteiger partial charge in [-0.15, -0.1) is 0 Å². The van der Waals surface area contributed by atoms with Gasteiger partial charge in [-0.1, -0.05) is 0 Å². The number of rotatable bonds is 6. The second kappa shape index (κ2) is 11.0. The zero-order valence-corrected chi connectivity index (χ0v) is 17.9. The van der Waals surface area contributed by atoms with Gasteiger partial charge < -0.3 is 77.6 Å². The molecule has 0 aromatic carbocycles. The van der Waals surface area contributed by atoms with E-state index < -0.39 is 98.4 Å². The van der Waals surface area contributed by atoms with Crippen LogP contribution in [0.5, 0.6) is 0 Å². The molecule has 2 heterocycles. The predicted octanol–water partition coefficient (Wildman–Crippen LogP) is -7.29. The molecule has 2 saturated heterocycles. The lowest BCUT2D eigenvalue weighted by molar-refractivity contribution is -0.332. The summed E-state index contributed by atoms with van der Waals surface area (Å²) in [6.45, 7) is -0.763. The molecule has 1 saturated carbocycles. The average Bonchev–Trinajstić information content (AvgIpc) is 2.79. The van der Waals surface area contributed by atoms with E-state index in [0.717, 1.165) is 0 Å². The lowest BCUT2D eigenvalue weighted by Gasteiger charge is -2.48. The first-order valence-electron chi connectivity index (χ1n) is 10.8. The zero-order valence-electron chi connectivity index (χ0n) is 17.9. The first-order valence-corrected chi connectivity index (χ1v) is 10.8. The minimum atomic E-state index is -1.66. The SMILES string of the molecule is NCC1O[C@@H](OC2C(N)C[C@H](N)[C@@H](O[C@H]3OC(CO)C(O)C(N)C3O)C2O)C(O)C(O)C1O. The number of ether oxygens (including phenoxy) is 4. The minimum absolute atomic E-state index is 0.0849. The summed E-state index contributed by atoms with van der Waals surface area (Å²) in [6.07, 6.45) is -16.5. The maximum absolute atomic E-state index is 10.9. The van der Waals surface area contributed by atoms with Crippen LogP contribution in [0.1, 0.15) is 6.42 Å². The molecule has 15 atom stereocenters. The fourth-order valence-corrected chi connectivity index (χ4v) is 4.40. The van der Waals surface area contributed by atoms with Crippen LogP contribution >= 0.6 is 0 Å². The van der Waals surface area contributed by atoms with Crippen molar-refractivity contribution in [3.8, 4) is 0 Å². The average molecular weight is 485 g/mol. The first-order chi connectivity index (χ1) is 15.5. The third kappa shape index (κ3) is 5.32. The summed E-state index contributed by atoms with van der Waals surface area (Å²) in [4.78, 5) is 0. The number of hydrogen-bond donors (Lipinski definition) is 11. The van der Waals surface area contributed by atoms with Crippen molar-refractivity contribution in [2.24, 2.45) is 22.9 Å².